The van der Waals surface area contributed by atoms with Gasteiger partial charge in [0.25, 0.3) is 5.91 Å². The van der Waals surface area contributed by atoms with E-state index in [4.69, 9.17) is 9.73 Å². The first kappa shape index (κ1) is 32.1. The summed E-state index contributed by atoms with van der Waals surface area (Å²) in [4.78, 5) is 38.6. The predicted octanol–water partition coefficient (Wildman–Crippen LogP) is 5.03. The van der Waals surface area contributed by atoms with Gasteiger partial charge in [-0.2, -0.15) is 4.99 Å². The number of nitrogens with zero attached hydrogens (tertiary/aromatic N) is 5. The van der Waals surface area contributed by atoms with E-state index in [1.807, 2.05) is 42.2 Å². The molecule has 3 aliphatic heterocycles. The van der Waals surface area contributed by atoms with Gasteiger partial charge in [-0.05, 0) is 95.9 Å². The molecule has 0 radical (unpaired) electrons. The molecule has 8 nitrogen and oxygen atoms in total. The Morgan fingerprint density at radius 2 is 1.73 bits per heavy atom. The molecule has 4 rings (SSSR count). The smallest absolute Gasteiger partial charge is 0.254 e. The fourth-order valence-electron chi connectivity index (χ4n) is 5.35. The monoisotopic (exact) mass is 563 g/mol. The van der Waals surface area contributed by atoms with E-state index in [0.29, 0.717) is 43.5 Å². The maximum absolute atomic E-state index is 13.7. The number of anilines is 1. The summed E-state index contributed by atoms with van der Waals surface area (Å²) < 4.78 is 5.52. The number of piperazine rings is 1. The van der Waals surface area contributed by atoms with Crippen LogP contribution in [0.15, 0.2) is 65.5 Å². The van der Waals surface area contributed by atoms with Crippen molar-refractivity contribution in [1.29, 1.82) is 0 Å². The van der Waals surface area contributed by atoms with Crippen molar-refractivity contribution in [2.45, 2.75) is 65.3 Å². The molecule has 0 N–H and O–H groups in total. The van der Waals surface area contributed by atoms with Crippen molar-refractivity contribution in [2.75, 3.05) is 58.3 Å². The molecule has 0 bridgehead atoms. The fraction of sp³-hybridized carbons (Fsp3) is 0.545. The van der Waals surface area contributed by atoms with E-state index in [1.54, 1.807) is 12.0 Å². The fourth-order valence-corrected chi connectivity index (χ4v) is 5.35. The van der Waals surface area contributed by atoms with E-state index in [0.717, 1.165) is 31.4 Å². The molecule has 0 saturated carbocycles. The van der Waals surface area contributed by atoms with Crippen LogP contribution in [0.5, 0.6) is 0 Å². The quantitative estimate of drug-likeness (QED) is 0.202. The molecule has 41 heavy (non-hydrogen) atoms. The van der Waals surface area contributed by atoms with Crippen LogP contribution in [-0.2, 0) is 20.7 Å². The third-order valence-corrected chi connectivity index (χ3v) is 7.89. The van der Waals surface area contributed by atoms with Crippen molar-refractivity contribution >= 4 is 23.3 Å². The number of likely N-dealkylation sites (tertiary alicyclic amines) is 1. The number of para-hydroxylation sites is 1. The zero-order chi connectivity index (χ0) is 29.8. The van der Waals surface area contributed by atoms with Gasteiger partial charge in [0.15, 0.2) is 0 Å². The molecule has 224 valence electrons. The van der Waals surface area contributed by atoms with E-state index >= 15 is 0 Å². The first-order chi connectivity index (χ1) is 19.8. The number of rotatable bonds is 7. The van der Waals surface area contributed by atoms with Crippen LogP contribution in [0.4, 0.5) is 5.69 Å². The number of amidine groups is 1. The number of methoxy groups -OCH3 is 1. The normalized spacial score (nSPS) is 20.3. The lowest BCUT2D eigenvalue weighted by Gasteiger charge is -2.36. The van der Waals surface area contributed by atoms with Crippen LogP contribution in [0.25, 0.3) is 0 Å². The summed E-state index contributed by atoms with van der Waals surface area (Å²) in [6.07, 6.45) is 11.7. The second kappa shape index (κ2) is 16.2. The zero-order valence-electron chi connectivity index (χ0n) is 25.8. The summed E-state index contributed by atoms with van der Waals surface area (Å²) in [5, 5.41) is 0. The number of aryl methyl sites for hydroxylation is 1. The molecule has 2 saturated heterocycles. The average Bonchev–Trinajstić information content (AvgIpc) is 3.49. The first-order valence-electron chi connectivity index (χ1n) is 15.1. The largest absolute Gasteiger partial charge is 0.481 e. The number of aliphatic imine (C=N–C) groups is 1. The maximum Gasteiger partial charge on any atom is 0.254 e. The van der Waals surface area contributed by atoms with E-state index in [-0.39, 0.29) is 17.9 Å². The van der Waals surface area contributed by atoms with Gasteiger partial charge in [-0.1, -0.05) is 38.1 Å². The lowest BCUT2D eigenvalue weighted by atomic mass is 9.96. The third kappa shape index (κ3) is 9.05. The molecular weight excluding hydrogens is 514 g/mol. The Morgan fingerprint density at radius 1 is 1.07 bits per heavy atom. The Hall–Kier alpha value is -3.39. The van der Waals surface area contributed by atoms with Crippen LogP contribution in [0.1, 0.15) is 58.4 Å². The van der Waals surface area contributed by atoms with Gasteiger partial charge in [-0.15, -0.1) is 0 Å². The van der Waals surface area contributed by atoms with Crippen LogP contribution in [-0.4, -0.2) is 91.8 Å². The molecule has 1 aromatic rings. The van der Waals surface area contributed by atoms with Gasteiger partial charge >= 0.3 is 0 Å². The number of unbranched alkanes of at least 4 members (excludes halogenated alkanes) is 1. The molecule has 0 spiro atoms. The Morgan fingerprint density at radius 3 is 2.32 bits per heavy atom. The van der Waals surface area contributed by atoms with E-state index in [2.05, 4.69) is 43.3 Å². The minimum Gasteiger partial charge on any atom is -0.481 e. The van der Waals surface area contributed by atoms with Crippen LogP contribution in [0, 0.1) is 0 Å². The molecule has 8 heteroatoms. The van der Waals surface area contributed by atoms with Crippen LogP contribution in [0.2, 0.25) is 0 Å². The van der Waals surface area contributed by atoms with Gasteiger partial charge in [-0.3, -0.25) is 9.59 Å². The molecular formula is C33H49N5O3. The van der Waals surface area contributed by atoms with E-state index in [1.165, 1.54) is 37.6 Å². The first-order valence-corrected chi connectivity index (χ1v) is 15.1. The number of benzene rings is 1. The highest BCUT2D eigenvalue weighted by molar-refractivity contribution is 6.10. The van der Waals surface area contributed by atoms with Crippen molar-refractivity contribution in [3.63, 3.8) is 0 Å². The van der Waals surface area contributed by atoms with Crippen LogP contribution >= 0.6 is 0 Å². The van der Waals surface area contributed by atoms with Gasteiger partial charge in [0, 0.05) is 43.5 Å². The number of carbonyl (C=O) groups is 2. The maximum atomic E-state index is 13.7. The van der Waals surface area contributed by atoms with Gasteiger partial charge in [-0.25, -0.2) is 0 Å². The van der Waals surface area contributed by atoms with E-state index < -0.39 is 0 Å². The second-order valence-electron chi connectivity index (χ2n) is 11.1. The number of fused-ring (bicyclic) bond motifs is 1. The summed E-state index contributed by atoms with van der Waals surface area (Å²) in [6.45, 7) is 14.7. The molecule has 3 aliphatic rings. The average molecular weight is 564 g/mol. The molecule has 0 aliphatic carbocycles. The van der Waals surface area contributed by atoms with Crippen molar-refractivity contribution in [3.8, 4) is 0 Å². The van der Waals surface area contributed by atoms with Crippen LogP contribution in [0.3, 0.4) is 0 Å². The highest BCUT2D eigenvalue weighted by Gasteiger charge is 2.29. The summed E-state index contributed by atoms with van der Waals surface area (Å²) in [7, 11) is 3.78. The van der Waals surface area contributed by atoms with Gasteiger partial charge in [0.05, 0.1) is 7.11 Å². The molecule has 2 amide bonds. The molecule has 0 aromatic heterocycles. The third-order valence-electron chi connectivity index (χ3n) is 7.89. The number of carbonyl (C=O) groups excluding carboxylic acids is 2. The number of ether oxygens (including phenoxy) is 1. The number of amides is 2. The number of hydrogen-bond donors (Lipinski definition) is 0. The van der Waals surface area contributed by atoms with Gasteiger partial charge < -0.3 is 24.3 Å². The predicted molar refractivity (Wildman–Crippen MR) is 168 cm³/mol. The Kier molecular flexibility index (Phi) is 12.7. The molecule has 1 unspecified atom stereocenters. The van der Waals surface area contributed by atoms with Crippen molar-refractivity contribution in [1.82, 2.24) is 14.7 Å². The SMILES string of the molecule is C=CC(=O)N1CCN(C(/C=C(\C)C(=O)N2c3ccccc3CCC2C)=N/C(=C/CCC)OC)CC1.CN1CCCC1. The number of allylic oxidation sites excluding steroid dienone is 1. The molecule has 1 aromatic carbocycles. The lowest BCUT2D eigenvalue weighted by molar-refractivity contribution is -0.127. The highest BCUT2D eigenvalue weighted by atomic mass is 16.5. The lowest BCUT2D eigenvalue weighted by Crippen LogP contribution is -2.50. The number of hydrogen-bond acceptors (Lipinski definition) is 5. The van der Waals surface area contributed by atoms with Crippen LogP contribution < -0.4 is 4.90 Å². The van der Waals surface area contributed by atoms with Crippen molar-refractivity contribution < 1.29 is 14.3 Å². The molecule has 3 heterocycles. The molecule has 1 atom stereocenters. The summed E-state index contributed by atoms with van der Waals surface area (Å²) >= 11 is 0. The minimum atomic E-state index is -0.0665. The zero-order valence-corrected chi connectivity index (χ0v) is 25.8. The topological polar surface area (TPSA) is 68.7 Å². The highest BCUT2D eigenvalue weighted by Crippen LogP contribution is 2.31. The van der Waals surface area contributed by atoms with Crippen molar-refractivity contribution in [3.05, 3.63) is 66.1 Å². The van der Waals surface area contributed by atoms with Gasteiger partial charge in [0.1, 0.15) is 5.84 Å². The standard InChI is InChI=1S/C28H38N4O3.C5H11N/c1-6-8-13-26(35-5)29-25(30-16-18-31(19-17-30)27(33)7-2)20-21(3)28(34)32-22(4)14-15-23-11-9-10-12-24(23)32;1-6-4-2-3-5-6/h7,9-13,20,22H,2,6,8,14-19H2,1,3-5H3;2-5H2,1H3/b21-20+,26-13-,29-25+;. The minimum absolute atomic E-state index is 0.0191. The summed E-state index contributed by atoms with van der Waals surface area (Å²) in [6, 6.07) is 8.25. The Labute approximate surface area is 247 Å². The molecule has 2 fully saturated rings. The second-order valence-corrected chi connectivity index (χ2v) is 11.1. The Bertz CT molecular complexity index is 1130. The summed E-state index contributed by atoms with van der Waals surface area (Å²) in [5.74, 6) is 1.11. The Balaban J connectivity index is 0.000000681. The summed E-state index contributed by atoms with van der Waals surface area (Å²) in [5.41, 5.74) is 2.80. The van der Waals surface area contributed by atoms with Crippen molar-refractivity contribution in [2.24, 2.45) is 4.99 Å². The van der Waals surface area contributed by atoms with Gasteiger partial charge in [0.2, 0.25) is 11.8 Å². The van der Waals surface area contributed by atoms with E-state index in [9.17, 15) is 9.59 Å².